The lowest BCUT2D eigenvalue weighted by Gasteiger charge is -2.20. The van der Waals surface area contributed by atoms with Crippen LogP contribution >= 0.6 is 0 Å². The van der Waals surface area contributed by atoms with Crippen molar-refractivity contribution in [2.24, 2.45) is 11.8 Å². The lowest BCUT2D eigenvalue weighted by Crippen LogP contribution is -2.29. The molecule has 0 aromatic rings. The van der Waals surface area contributed by atoms with Gasteiger partial charge in [-0.2, -0.15) is 0 Å². The monoisotopic (exact) mass is 229 g/mol. The Kier molecular flexibility index (Phi) is 6.65. The van der Waals surface area contributed by atoms with E-state index in [-0.39, 0.29) is 11.6 Å². The summed E-state index contributed by atoms with van der Waals surface area (Å²) in [5.74, 6) is 1.19. The number of carbonyl (C=O) groups is 1. The molecule has 0 rings (SSSR count). The Morgan fingerprint density at radius 3 is 2.25 bits per heavy atom. The van der Waals surface area contributed by atoms with Crippen molar-refractivity contribution in [3.05, 3.63) is 0 Å². The Bertz CT molecular complexity index is 206. The second kappa shape index (κ2) is 6.89. The summed E-state index contributed by atoms with van der Waals surface area (Å²) in [4.78, 5) is 11.4. The minimum atomic E-state index is -0.373. The number of carbonyl (C=O) groups excluding carboxylic acids is 1. The third-order valence-electron chi connectivity index (χ3n) is 2.53. The van der Waals surface area contributed by atoms with Crippen molar-refractivity contribution in [1.29, 1.82) is 0 Å². The highest BCUT2D eigenvalue weighted by atomic mass is 16.6. The van der Waals surface area contributed by atoms with Gasteiger partial charge in [-0.25, -0.2) is 0 Å². The van der Waals surface area contributed by atoms with Crippen molar-refractivity contribution in [3.8, 4) is 0 Å². The number of ether oxygens (including phenoxy) is 1. The van der Waals surface area contributed by atoms with Gasteiger partial charge in [-0.3, -0.25) is 4.79 Å². The lowest BCUT2D eigenvalue weighted by molar-refractivity contribution is -0.154. The minimum absolute atomic E-state index is 0.128. The van der Waals surface area contributed by atoms with Gasteiger partial charge < -0.3 is 10.1 Å². The second-order valence-electron chi connectivity index (χ2n) is 5.76. The van der Waals surface area contributed by atoms with E-state index in [1.54, 1.807) is 0 Å². The number of rotatable bonds is 6. The van der Waals surface area contributed by atoms with E-state index in [4.69, 9.17) is 4.74 Å². The average Bonchev–Trinajstić information content (AvgIpc) is 2.08. The maximum atomic E-state index is 11.4. The molecule has 96 valence electrons. The molecule has 0 saturated carbocycles. The summed E-state index contributed by atoms with van der Waals surface area (Å²) in [5, 5.41) is 3.28. The van der Waals surface area contributed by atoms with Crippen LogP contribution in [0.1, 0.15) is 48.0 Å². The lowest BCUT2D eigenvalue weighted by atomic mass is 9.98. The molecule has 3 heteroatoms. The third kappa shape index (κ3) is 8.72. The SMILES string of the molecule is CC(C)C(C)CNCCC(=O)OC(C)(C)C. The maximum absolute atomic E-state index is 11.4. The van der Waals surface area contributed by atoms with E-state index in [0.717, 1.165) is 6.54 Å². The van der Waals surface area contributed by atoms with Crippen LogP contribution in [-0.4, -0.2) is 24.7 Å². The molecule has 0 saturated heterocycles. The fourth-order valence-corrected chi connectivity index (χ4v) is 1.15. The van der Waals surface area contributed by atoms with Crippen molar-refractivity contribution in [2.75, 3.05) is 13.1 Å². The second-order valence-corrected chi connectivity index (χ2v) is 5.76. The molecule has 0 spiro atoms. The normalized spacial score (nSPS) is 13.9. The topological polar surface area (TPSA) is 38.3 Å². The predicted octanol–water partition coefficient (Wildman–Crippen LogP) is 2.60. The molecule has 16 heavy (non-hydrogen) atoms. The van der Waals surface area contributed by atoms with Crippen molar-refractivity contribution in [3.63, 3.8) is 0 Å². The molecule has 1 N–H and O–H groups in total. The van der Waals surface area contributed by atoms with E-state index < -0.39 is 0 Å². The van der Waals surface area contributed by atoms with E-state index in [1.807, 2.05) is 20.8 Å². The molecule has 1 unspecified atom stereocenters. The molecule has 0 aliphatic carbocycles. The van der Waals surface area contributed by atoms with Gasteiger partial charge in [0.1, 0.15) is 5.60 Å². The van der Waals surface area contributed by atoms with Crippen LogP contribution in [0.2, 0.25) is 0 Å². The molecule has 0 amide bonds. The number of hydrogen-bond acceptors (Lipinski definition) is 3. The largest absolute Gasteiger partial charge is 0.460 e. The highest BCUT2D eigenvalue weighted by Crippen LogP contribution is 2.09. The zero-order valence-electron chi connectivity index (χ0n) is 11.6. The molecule has 1 atom stereocenters. The van der Waals surface area contributed by atoms with Gasteiger partial charge in [-0.1, -0.05) is 20.8 Å². The Balaban J connectivity index is 3.56. The van der Waals surface area contributed by atoms with Crippen LogP contribution < -0.4 is 5.32 Å². The summed E-state index contributed by atoms with van der Waals surface area (Å²) < 4.78 is 5.21. The number of hydrogen-bond donors (Lipinski definition) is 1. The summed E-state index contributed by atoms with van der Waals surface area (Å²) in [7, 11) is 0. The third-order valence-corrected chi connectivity index (χ3v) is 2.53. The summed E-state index contributed by atoms with van der Waals surface area (Å²) in [6, 6.07) is 0. The minimum Gasteiger partial charge on any atom is -0.460 e. The predicted molar refractivity (Wildman–Crippen MR) is 67.3 cm³/mol. The van der Waals surface area contributed by atoms with Crippen LogP contribution in [0.4, 0.5) is 0 Å². The molecule has 0 aliphatic heterocycles. The van der Waals surface area contributed by atoms with Crippen LogP contribution in [0.25, 0.3) is 0 Å². The highest BCUT2D eigenvalue weighted by molar-refractivity contribution is 5.70. The van der Waals surface area contributed by atoms with Crippen molar-refractivity contribution in [2.45, 2.75) is 53.6 Å². The van der Waals surface area contributed by atoms with Crippen LogP contribution in [0, 0.1) is 11.8 Å². The zero-order chi connectivity index (χ0) is 12.8. The average molecular weight is 229 g/mol. The van der Waals surface area contributed by atoms with Crippen LogP contribution in [0.3, 0.4) is 0 Å². The van der Waals surface area contributed by atoms with Gasteiger partial charge in [0.15, 0.2) is 0 Å². The van der Waals surface area contributed by atoms with Gasteiger partial charge in [0.05, 0.1) is 6.42 Å². The van der Waals surface area contributed by atoms with E-state index in [9.17, 15) is 4.79 Å². The molecule has 0 aromatic carbocycles. The van der Waals surface area contributed by atoms with E-state index >= 15 is 0 Å². The van der Waals surface area contributed by atoms with Crippen LogP contribution in [0.5, 0.6) is 0 Å². The van der Waals surface area contributed by atoms with Gasteiger partial charge in [-0.15, -0.1) is 0 Å². The van der Waals surface area contributed by atoms with Crippen LogP contribution in [-0.2, 0) is 9.53 Å². The van der Waals surface area contributed by atoms with Crippen molar-refractivity contribution in [1.82, 2.24) is 5.32 Å². The summed E-state index contributed by atoms with van der Waals surface area (Å²) >= 11 is 0. The number of nitrogens with one attached hydrogen (secondary N) is 1. The first-order chi connectivity index (χ1) is 7.22. The fourth-order valence-electron chi connectivity index (χ4n) is 1.15. The highest BCUT2D eigenvalue weighted by Gasteiger charge is 2.15. The van der Waals surface area contributed by atoms with Gasteiger partial charge in [-0.05, 0) is 39.2 Å². The Morgan fingerprint density at radius 1 is 1.25 bits per heavy atom. The summed E-state index contributed by atoms with van der Waals surface area (Å²) in [6.07, 6.45) is 0.447. The fraction of sp³-hybridized carbons (Fsp3) is 0.923. The van der Waals surface area contributed by atoms with Crippen molar-refractivity contribution >= 4 is 5.97 Å². The van der Waals surface area contributed by atoms with Gasteiger partial charge in [0, 0.05) is 6.54 Å². The van der Waals surface area contributed by atoms with E-state index in [1.165, 1.54) is 0 Å². The quantitative estimate of drug-likeness (QED) is 0.562. The summed E-state index contributed by atoms with van der Waals surface area (Å²) in [6.45, 7) is 14.0. The first-order valence-electron chi connectivity index (χ1n) is 6.15. The van der Waals surface area contributed by atoms with Crippen LogP contribution in [0.15, 0.2) is 0 Å². The van der Waals surface area contributed by atoms with E-state index in [0.29, 0.717) is 24.8 Å². The van der Waals surface area contributed by atoms with E-state index in [2.05, 4.69) is 26.1 Å². The molecule has 0 heterocycles. The first kappa shape index (κ1) is 15.4. The molecule has 0 fully saturated rings. The Labute approximate surface area is 99.9 Å². The van der Waals surface area contributed by atoms with Gasteiger partial charge in [0.2, 0.25) is 0 Å². The molecule has 3 nitrogen and oxygen atoms in total. The standard InChI is InChI=1S/C13H27NO2/c1-10(2)11(3)9-14-8-7-12(15)16-13(4,5)6/h10-11,14H,7-9H2,1-6H3. The number of esters is 1. The van der Waals surface area contributed by atoms with Gasteiger partial charge in [0.25, 0.3) is 0 Å². The van der Waals surface area contributed by atoms with Gasteiger partial charge >= 0.3 is 5.97 Å². The first-order valence-corrected chi connectivity index (χ1v) is 6.15. The Hall–Kier alpha value is -0.570. The summed E-state index contributed by atoms with van der Waals surface area (Å²) in [5.41, 5.74) is -0.373. The zero-order valence-corrected chi connectivity index (χ0v) is 11.6. The Morgan fingerprint density at radius 2 is 1.81 bits per heavy atom. The molecule has 0 aliphatic rings. The maximum Gasteiger partial charge on any atom is 0.307 e. The molecule has 0 bridgehead atoms. The van der Waals surface area contributed by atoms with Crippen molar-refractivity contribution < 1.29 is 9.53 Å². The molecular formula is C13H27NO2. The smallest absolute Gasteiger partial charge is 0.307 e. The molecule has 0 aromatic heterocycles. The molecule has 0 radical (unpaired) electrons. The molecular weight excluding hydrogens is 202 g/mol.